The first-order valence-corrected chi connectivity index (χ1v) is 9.98. The van der Waals surface area contributed by atoms with Crippen LogP contribution in [0, 0.1) is 18.3 Å². The van der Waals surface area contributed by atoms with Gasteiger partial charge in [-0.05, 0) is 36.6 Å². The number of fused-ring (bicyclic) bond motifs is 1. The number of aromatic nitrogens is 1. The van der Waals surface area contributed by atoms with Crippen LogP contribution in [0.4, 0.5) is 0 Å². The molecule has 0 spiro atoms. The molecule has 1 aliphatic heterocycles. The molecule has 1 atom stereocenters. The predicted octanol–water partition coefficient (Wildman–Crippen LogP) is 4.27. The molecule has 0 amide bonds. The van der Waals surface area contributed by atoms with Crippen LogP contribution in [0.25, 0.3) is 0 Å². The summed E-state index contributed by atoms with van der Waals surface area (Å²) in [6.07, 6.45) is 0.718. The van der Waals surface area contributed by atoms with Gasteiger partial charge in [-0.3, -0.25) is 4.79 Å². The summed E-state index contributed by atoms with van der Waals surface area (Å²) in [5.41, 5.74) is 9.18. The smallest absolute Gasteiger partial charge is 0.258 e. The molecule has 0 saturated carbocycles. The summed E-state index contributed by atoms with van der Waals surface area (Å²) in [4.78, 5) is 13.6. The van der Waals surface area contributed by atoms with E-state index in [-0.39, 0.29) is 17.0 Å². The minimum absolute atomic E-state index is 0.0192. The molecule has 1 aliphatic rings. The minimum Gasteiger partial charge on any atom is -0.440 e. The monoisotopic (exact) mass is 417 g/mol. The van der Waals surface area contributed by atoms with E-state index in [0.717, 1.165) is 23.2 Å². The summed E-state index contributed by atoms with van der Waals surface area (Å²) in [6, 6.07) is 21.0. The van der Waals surface area contributed by atoms with Crippen LogP contribution in [0.5, 0.6) is 5.75 Å². The lowest BCUT2D eigenvalue weighted by Crippen LogP contribution is -2.33. The second kappa shape index (κ2) is 8.10. The molecular formula is C24H20ClN3O2. The van der Waals surface area contributed by atoms with Crippen LogP contribution in [-0.4, -0.2) is 4.57 Å². The molecule has 2 N–H and O–H groups in total. The van der Waals surface area contributed by atoms with E-state index in [1.165, 1.54) is 0 Å². The third kappa shape index (κ3) is 3.58. The number of nitrogens with two attached hydrogens (primary N) is 1. The summed E-state index contributed by atoms with van der Waals surface area (Å²) in [7, 11) is 0. The number of hydrogen-bond acceptors (Lipinski definition) is 4. The van der Waals surface area contributed by atoms with Gasteiger partial charge in [-0.15, -0.1) is 0 Å². The third-order valence-corrected chi connectivity index (χ3v) is 5.61. The number of allylic oxidation sites excluding steroid dienone is 1. The molecule has 0 saturated heterocycles. The number of benzene rings is 2. The largest absolute Gasteiger partial charge is 0.440 e. The second-order valence-electron chi connectivity index (χ2n) is 7.23. The molecule has 4 rings (SSSR count). The maximum absolute atomic E-state index is 13.6. The van der Waals surface area contributed by atoms with Crippen LogP contribution in [0.2, 0.25) is 5.02 Å². The molecule has 0 bridgehead atoms. The van der Waals surface area contributed by atoms with Gasteiger partial charge in [-0.2, -0.15) is 5.26 Å². The van der Waals surface area contributed by atoms with Gasteiger partial charge in [0, 0.05) is 23.3 Å². The van der Waals surface area contributed by atoms with Crippen molar-refractivity contribution in [3.05, 3.63) is 110 Å². The minimum atomic E-state index is -0.605. The molecule has 1 aromatic heterocycles. The summed E-state index contributed by atoms with van der Waals surface area (Å²) < 4.78 is 7.42. The van der Waals surface area contributed by atoms with E-state index in [4.69, 9.17) is 22.1 Å². The molecule has 0 radical (unpaired) electrons. The predicted molar refractivity (Wildman–Crippen MR) is 116 cm³/mol. The molecule has 3 aromatic rings. The van der Waals surface area contributed by atoms with Crippen molar-refractivity contribution in [3.8, 4) is 11.8 Å². The molecule has 0 fully saturated rings. The Morgan fingerprint density at radius 3 is 2.53 bits per heavy atom. The zero-order valence-corrected chi connectivity index (χ0v) is 17.2. The van der Waals surface area contributed by atoms with Crippen LogP contribution < -0.4 is 16.0 Å². The highest BCUT2D eigenvalue weighted by Crippen LogP contribution is 2.40. The van der Waals surface area contributed by atoms with Crippen molar-refractivity contribution >= 4 is 11.6 Å². The molecule has 0 unspecified atom stereocenters. The van der Waals surface area contributed by atoms with Gasteiger partial charge >= 0.3 is 0 Å². The van der Waals surface area contributed by atoms with Gasteiger partial charge in [-0.1, -0.05) is 54.1 Å². The van der Waals surface area contributed by atoms with Crippen LogP contribution >= 0.6 is 11.6 Å². The zero-order chi connectivity index (χ0) is 21.3. The number of ether oxygens (including phenoxy) is 1. The van der Waals surface area contributed by atoms with Crippen LogP contribution in [0.15, 0.2) is 76.9 Å². The zero-order valence-electron chi connectivity index (χ0n) is 16.4. The molecule has 6 heteroatoms. The molecular weight excluding hydrogens is 398 g/mol. The van der Waals surface area contributed by atoms with Gasteiger partial charge in [0.2, 0.25) is 5.88 Å². The van der Waals surface area contributed by atoms with Crippen molar-refractivity contribution in [2.24, 2.45) is 5.73 Å². The van der Waals surface area contributed by atoms with Crippen molar-refractivity contribution in [1.82, 2.24) is 4.57 Å². The van der Waals surface area contributed by atoms with Crippen LogP contribution in [0.1, 0.15) is 28.3 Å². The normalized spacial score (nSPS) is 15.3. The molecule has 0 aliphatic carbocycles. The highest BCUT2D eigenvalue weighted by Gasteiger charge is 2.34. The van der Waals surface area contributed by atoms with Crippen LogP contribution in [0.3, 0.4) is 0 Å². The standard InChI is InChI=1S/C24H20ClN3O2/c1-15-13-20-22(24(29)28(15)12-11-16-5-3-2-4-6-16)21(19(14-26)23(27)30-20)17-7-9-18(25)10-8-17/h2-10,13,21H,11-12,27H2,1H3/t21-/m1/s1. The highest BCUT2D eigenvalue weighted by atomic mass is 35.5. The van der Waals surface area contributed by atoms with E-state index in [1.54, 1.807) is 28.8 Å². The van der Waals surface area contributed by atoms with Gasteiger partial charge in [-0.25, -0.2) is 0 Å². The Bertz CT molecular complexity index is 1220. The molecule has 2 aromatic carbocycles. The number of halogens is 1. The first-order valence-electron chi connectivity index (χ1n) is 9.61. The molecule has 5 nitrogen and oxygen atoms in total. The fourth-order valence-corrected chi connectivity index (χ4v) is 3.96. The fraction of sp³-hybridized carbons (Fsp3) is 0.167. The Balaban J connectivity index is 1.83. The van der Waals surface area contributed by atoms with E-state index in [2.05, 4.69) is 6.07 Å². The van der Waals surface area contributed by atoms with E-state index >= 15 is 0 Å². The Morgan fingerprint density at radius 1 is 1.17 bits per heavy atom. The lowest BCUT2D eigenvalue weighted by molar-refractivity contribution is 0.388. The Labute approximate surface area is 179 Å². The second-order valence-corrected chi connectivity index (χ2v) is 7.67. The van der Waals surface area contributed by atoms with E-state index in [1.807, 2.05) is 43.3 Å². The van der Waals surface area contributed by atoms with Gasteiger partial charge < -0.3 is 15.0 Å². The van der Waals surface area contributed by atoms with Crippen molar-refractivity contribution < 1.29 is 4.74 Å². The number of pyridine rings is 1. The van der Waals surface area contributed by atoms with Gasteiger partial charge in [0.15, 0.2) is 0 Å². The van der Waals surface area contributed by atoms with Crippen molar-refractivity contribution in [2.45, 2.75) is 25.8 Å². The lowest BCUT2D eigenvalue weighted by atomic mass is 9.84. The average Bonchev–Trinajstić information content (AvgIpc) is 2.74. The number of nitrogens with zero attached hydrogens (tertiary/aromatic N) is 2. The van der Waals surface area contributed by atoms with Gasteiger partial charge in [0.05, 0.1) is 11.5 Å². The van der Waals surface area contributed by atoms with Gasteiger partial charge in [0.25, 0.3) is 5.56 Å². The first-order chi connectivity index (χ1) is 14.5. The number of hydrogen-bond donors (Lipinski definition) is 1. The highest BCUT2D eigenvalue weighted by molar-refractivity contribution is 6.30. The first kappa shape index (κ1) is 19.8. The summed E-state index contributed by atoms with van der Waals surface area (Å²) in [5.74, 6) is -0.192. The fourth-order valence-electron chi connectivity index (χ4n) is 3.84. The number of nitriles is 1. The maximum Gasteiger partial charge on any atom is 0.258 e. The SMILES string of the molecule is Cc1cc2c(c(=O)n1CCc1ccccc1)[C@H](c1ccc(Cl)cc1)C(C#N)=C(N)O2. The Morgan fingerprint density at radius 2 is 1.87 bits per heavy atom. The van der Waals surface area contributed by atoms with Crippen LogP contribution in [-0.2, 0) is 13.0 Å². The third-order valence-electron chi connectivity index (χ3n) is 5.36. The number of rotatable bonds is 4. The summed E-state index contributed by atoms with van der Waals surface area (Å²) in [5, 5.41) is 10.3. The van der Waals surface area contributed by atoms with Gasteiger partial charge in [0.1, 0.15) is 17.4 Å². The Hall–Kier alpha value is -3.49. The molecule has 2 heterocycles. The van der Waals surface area contributed by atoms with E-state index in [9.17, 15) is 10.1 Å². The lowest BCUT2D eigenvalue weighted by Gasteiger charge is -2.27. The molecule has 30 heavy (non-hydrogen) atoms. The maximum atomic E-state index is 13.6. The van der Waals surface area contributed by atoms with E-state index in [0.29, 0.717) is 22.9 Å². The van der Waals surface area contributed by atoms with Crippen molar-refractivity contribution in [3.63, 3.8) is 0 Å². The average molecular weight is 418 g/mol. The van der Waals surface area contributed by atoms with E-state index < -0.39 is 5.92 Å². The quantitative estimate of drug-likeness (QED) is 0.687. The Kier molecular flexibility index (Phi) is 5.35. The van der Waals surface area contributed by atoms with Crippen molar-refractivity contribution in [2.75, 3.05) is 0 Å². The topological polar surface area (TPSA) is 81.0 Å². The number of aryl methyl sites for hydroxylation is 2. The van der Waals surface area contributed by atoms with Crippen molar-refractivity contribution in [1.29, 1.82) is 5.26 Å². The summed E-state index contributed by atoms with van der Waals surface area (Å²) >= 11 is 6.03. The summed E-state index contributed by atoms with van der Waals surface area (Å²) in [6.45, 7) is 2.39. The molecule has 150 valence electrons.